The van der Waals surface area contributed by atoms with Crippen LogP contribution in [-0.2, 0) is 0 Å². The van der Waals surface area contributed by atoms with Crippen LogP contribution < -0.4 is 31.8 Å². The molecule has 0 spiro atoms. The van der Waals surface area contributed by atoms with Gasteiger partial charge in [0.1, 0.15) is 0 Å². The van der Waals surface area contributed by atoms with Crippen molar-refractivity contribution in [2.75, 3.05) is 0 Å². The molecule has 7 rings (SSSR count). The molecule has 240 valence electrons. The van der Waals surface area contributed by atoms with Crippen LogP contribution in [0.5, 0.6) is 0 Å². The van der Waals surface area contributed by atoms with Gasteiger partial charge in [0.25, 0.3) is 0 Å². The van der Waals surface area contributed by atoms with Gasteiger partial charge in [-0.25, -0.2) is 0 Å². The van der Waals surface area contributed by atoms with Gasteiger partial charge in [-0.3, -0.25) is 0 Å². The number of allylic oxidation sites excluding steroid dienone is 1. The van der Waals surface area contributed by atoms with Crippen molar-refractivity contribution in [2.45, 2.75) is 5.40 Å². The summed E-state index contributed by atoms with van der Waals surface area (Å²) in [6.07, 6.45) is 4.71. The van der Waals surface area contributed by atoms with Crippen LogP contribution in [0.1, 0.15) is 5.56 Å². The van der Waals surface area contributed by atoms with Gasteiger partial charge < -0.3 is 0 Å². The van der Waals surface area contributed by atoms with E-state index in [0.717, 1.165) is 21.5 Å². The maximum absolute atomic E-state index is 9.27. The van der Waals surface area contributed by atoms with Gasteiger partial charge in [0.2, 0.25) is 0 Å². The van der Waals surface area contributed by atoms with E-state index in [4.69, 9.17) is 11.6 Å². The van der Waals surface area contributed by atoms with Crippen LogP contribution in [0.25, 0.3) is 6.08 Å². The Morgan fingerprint density at radius 3 is 1.18 bits per heavy atom. The van der Waals surface area contributed by atoms with Crippen LogP contribution in [0.3, 0.4) is 0 Å². The van der Waals surface area contributed by atoms with Gasteiger partial charge in [0.15, 0.2) is 0 Å². The van der Waals surface area contributed by atoms with Crippen LogP contribution >= 0.6 is 36.1 Å². The summed E-state index contributed by atoms with van der Waals surface area (Å²) in [4.78, 5) is 0. The molecular formula is C45H37Cl2P2+. The third-order valence-corrected chi connectivity index (χ3v) is 24.6. The SMILES string of the molecule is Clc1ccccc1P(Cl)(c1ccccc1)(c1ccccc1)C(C=Cc1ccccc1)[P+](c1ccccc1)(c1ccccc1)c1ccccc1. The van der Waals surface area contributed by atoms with E-state index in [1.165, 1.54) is 15.9 Å². The molecule has 0 aliphatic rings. The minimum absolute atomic E-state index is 0.280. The summed E-state index contributed by atoms with van der Waals surface area (Å²) in [5.41, 5.74) is 1.11. The number of benzene rings is 7. The molecule has 0 saturated heterocycles. The molecule has 0 N–H and O–H groups in total. The zero-order valence-corrected chi connectivity index (χ0v) is 30.3. The van der Waals surface area contributed by atoms with Gasteiger partial charge in [0.05, 0.1) is 0 Å². The monoisotopic (exact) mass is 709 g/mol. The van der Waals surface area contributed by atoms with Gasteiger partial charge in [-0.05, 0) is 0 Å². The molecule has 7 aromatic rings. The fourth-order valence-electron chi connectivity index (χ4n) is 7.39. The van der Waals surface area contributed by atoms with Crippen molar-refractivity contribution in [3.05, 3.63) is 223 Å². The second-order valence-electron chi connectivity index (χ2n) is 12.1. The molecule has 1 unspecified atom stereocenters. The Morgan fingerprint density at radius 2 is 0.776 bits per heavy atom. The number of rotatable bonds is 10. The van der Waals surface area contributed by atoms with Gasteiger partial charge >= 0.3 is 302 Å². The van der Waals surface area contributed by atoms with E-state index in [9.17, 15) is 11.2 Å². The summed E-state index contributed by atoms with van der Waals surface area (Å²) in [5, 5.41) is 7.25. The van der Waals surface area contributed by atoms with Crippen molar-refractivity contribution in [1.29, 1.82) is 0 Å². The number of hydrogen-bond donors (Lipinski definition) is 0. The first-order valence-electron chi connectivity index (χ1n) is 16.5. The standard InChI is InChI=1S/C45H37Cl2P2/c46-43-33-19-20-34-44(43)49(47,41-29-15-5-16-30-41,42-31-17-6-18-32-42)45(36-35-37-21-7-1-8-22-37)48(38-23-9-2-10-24-38,39-25-11-3-12-26-39)40-27-13-4-14-28-40/h1-36,45H/q+1. The van der Waals surface area contributed by atoms with E-state index in [-0.39, 0.29) is 5.40 Å². The Bertz CT molecular complexity index is 2000. The molecule has 0 amide bonds. The van der Waals surface area contributed by atoms with E-state index < -0.39 is 13.2 Å². The van der Waals surface area contributed by atoms with E-state index in [0.29, 0.717) is 5.02 Å². The summed E-state index contributed by atoms with van der Waals surface area (Å²) in [7, 11) is -2.72. The molecule has 4 heteroatoms. The van der Waals surface area contributed by atoms with Crippen molar-refractivity contribution in [2.24, 2.45) is 0 Å². The summed E-state index contributed by atoms with van der Waals surface area (Å²) < 4.78 is 0. The zero-order valence-electron chi connectivity index (χ0n) is 27.0. The predicted molar refractivity (Wildman–Crippen MR) is 220 cm³/mol. The molecule has 0 aliphatic heterocycles. The van der Waals surface area contributed by atoms with Gasteiger partial charge in [-0.2, -0.15) is 0 Å². The fraction of sp³-hybridized carbons (Fsp3) is 0.0222. The summed E-state index contributed by atoms with van der Waals surface area (Å²) in [5.74, 6) is -4.19. The molecule has 7 aromatic carbocycles. The van der Waals surface area contributed by atoms with Crippen molar-refractivity contribution in [3.63, 3.8) is 0 Å². The van der Waals surface area contributed by atoms with Gasteiger partial charge in [0, 0.05) is 0 Å². The first-order chi connectivity index (χ1) is 24.1. The molecular weight excluding hydrogens is 673 g/mol. The second-order valence-corrected chi connectivity index (χ2v) is 22.8. The maximum atomic E-state index is 9.27. The average molecular weight is 711 g/mol. The molecule has 0 fully saturated rings. The first-order valence-corrected chi connectivity index (χ1v) is 21.9. The Morgan fingerprint density at radius 1 is 0.429 bits per heavy atom. The number of halogens is 2. The predicted octanol–water partition coefficient (Wildman–Crippen LogP) is 10.4. The summed E-state index contributed by atoms with van der Waals surface area (Å²) >= 11 is 16.8. The van der Waals surface area contributed by atoms with Gasteiger partial charge in [-0.1, -0.05) is 0 Å². The fourth-order valence-corrected chi connectivity index (χ4v) is 24.3. The normalized spacial score (nSPS) is 13.4. The third-order valence-electron chi connectivity index (χ3n) is 9.49. The first kappa shape index (κ1) is 33.2. The van der Waals surface area contributed by atoms with Crippen molar-refractivity contribution >= 4 is 74.0 Å². The Balaban J connectivity index is 1.79. The zero-order chi connectivity index (χ0) is 33.6. The quantitative estimate of drug-likeness (QED) is 0.124. The molecule has 49 heavy (non-hydrogen) atoms. The van der Waals surface area contributed by atoms with E-state index in [1.54, 1.807) is 0 Å². The van der Waals surface area contributed by atoms with Crippen molar-refractivity contribution < 1.29 is 0 Å². The van der Waals surface area contributed by atoms with Crippen molar-refractivity contribution in [3.8, 4) is 0 Å². The van der Waals surface area contributed by atoms with Crippen LogP contribution in [0.4, 0.5) is 0 Å². The minimum atomic E-state index is -4.19. The van der Waals surface area contributed by atoms with Crippen LogP contribution in [0.15, 0.2) is 212 Å². The summed E-state index contributed by atoms with van der Waals surface area (Å²) in [6, 6.07) is 73.4. The van der Waals surface area contributed by atoms with Crippen LogP contribution in [0.2, 0.25) is 5.02 Å². The number of hydrogen-bond acceptors (Lipinski definition) is 0. The third kappa shape index (κ3) is 5.68. The molecule has 0 aliphatic carbocycles. The molecule has 0 saturated carbocycles. The Labute approximate surface area is 300 Å². The summed E-state index contributed by atoms with van der Waals surface area (Å²) in [6.45, 7) is 0. The molecule has 0 nitrogen and oxygen atoms in total. The van der Waals surface area contributed by atoms with E-state index >= 15 is 0 Å². The second kappa shape index (κ2) is 14.3. The van der Waals surface area contributed by atoms with Crippen molar-refractivity contribution in [1.82, 2.24) is 0 Å². The topological polar surface area (TPSA) is 0 Å². The molecule has 0 aromatic heterocycles. The average Bonchev–Trinajstić information content (AvgIpc) is 3.18. The molecule has 1 atom stereocenters. The molecule has 0 heterocycles. The Kier molecular flexibility index (Phi) is 9.69. The Hall–Kier alpha value is -4.28. The van der Waals surface area contributed by atoms with Gasteiger partial charge in [-0.15, -0.1) is 0 Å². The van der Waals surface area contributed by atoms with Crippen LogP contribution in [0, 0.1) is 0 Å². The molecule has 0 radical (unpaired) electrons. The van der Waals surface area contributed by atoms with E-state index in [1.807, 2.05) is 12.1 Å². The molecule has 0 bridgehead atoms. The van der Waals surface area contributed by atoms with E-state index in [2.05, 4.69) is 206 Å². The van der Waals surface area contributed by atoms with Crippen LogP contribution in [-0.4, -0.2) is 5.40 Å².